The van der Waals surface area contributed by atoms with Gasteiger partial charge in [0, 0.05) is 0 Å². The van der Waals surface area contributed by atoms with Gasteiger partial charge in [0.1, 0.15) is 6.04 Å². The number of rotatable bonds is 4. The molecule has 0 aromatic heterocycles. The Labute approximate surface area is 63.0 Å². The molecule has 64 valence electrons. The lowest BCUT2D eigenvalue weighted by Crippen LogP contribution is -2.50. The molecule has 0 rings (SSSR count). The minimum Gasteiger partial charge on any atom is -0.480 e. The molecule has 0 fully saturated rings. The number of nitrogens with one attached hydrogen (secondary N) is 1. The number of primary amides is 1. The summed E-state index contributed by atoms with van der Waals surface area (Å²) in [6.07, 6.45) is -1.70. The largest absolute Gasteiger partial charge is 0.480 e. The van der Waals surface area contributed by atoms with Gasteiger partial charge in [0.2, 0.25) is 5.91 Å². The lowest BCUT2D eigenvalue weighted by Gasteiger charge is -2.14. The molecule has 5 N–H and O–H groups in total. The molecule has 0 aliphatic rings. The van der Waals surface area contributed by atoms with Crippen molar-refractivity contribution in [3.63, 3.8) is 0 Å². The van der Waals surface area contributed by atoms with E-state index in [9.17, 15) is 9.59 Å². The van der Waals surface area contributed by atoms with Crippen LogP contribution in [0.2, 0.25) is 0 Å². The Balaban J connectivity index is 4.25. The lowest BCUT2D eigenvalue weighted by molar-refractivity contribution is -0.146. The highest BCUT2D eigenvalue weighted by Gasteiger charge is 2.28. The molecule has 0 aliphatic heterocycles. The molecule has 11 heavy (non-hydrogen) atoms. The summed E-state index contributed by atoms with van der Waals surface area (Å²) in [4.78, 5) is 20.5. The van der Waals surface area contributed by atoms with Crippen LogP contribution < -0.4 is 11.1 Å². The predicted molar refractivity (Wildman–Crippen MR) is 35.7 cm³/mol. The number of likely N-dealkylation sites (N-methyl/N-ethyl adjacent to an activating group) is 1. The quantitative estimate of drug-likeness (QED) is 0.365. The zero-order chi connectivity index (χ0) is 9.02. The summed E-state index contributed by atoms with van der Waals surface area (Å²) in [6, 6.07) is -1.34. The van der Waals surface area contributed by atoms with E-state index in [-0.39, 0.29) is 0 Å². The van der Waals surface area contributed by atoms with E-state index in [4.69, 9.17) is 10.2 Å². The number of nitrogens with two attached hydrogens (primary N) is 1. The van der Waals surface area contributed by atoms with E-state index in [0.717, 1.165) is 0 Å². The van der Waals surface area contributed by atoms with Crippen molar-refractivity contribution in [3.05, 3.63) is 0 Å². The molecule has 0 heterocycles. The number of aliphatic carboxylic acids is 1. The lowest BCUT2D eigenvalue weighted by atomic mass is 10.1. The number of aliphatic hydroxyl groups is 1. The van der Waals surface area contributed by atoms with Gasteiger partial charge in [-0.1, -0.05) is 0 Å². The molecule has 0 saturated heterocycles. The number of aliphatic hydroxyl groups excluding tert-OH is 1. The van der Waals surface area contributed by atoms with Crippen LogP contribution >= 0.6 is 0 Å². The van der Waals surface area contributed by atoms with Crippen LogP contribution in [-0.4, -0.2) is 41.3 Å². The van der Waals surface area contributed by atoms with Gasteiger partial charge in [-0.05, 0) is 7.05 Å². The van der Waals surface area contributed by atoms with E-state index in [1.807, 2.05) is 0 Å². The van der Waals surface area contributed by atoms with Crippen molar-refractivity contribution < 1.29 is 19.8 Å². The Kier molecular flexibility index (Phi) is 3.49. The topological polar surface area (TPSA) is 113 Å². The van der Waals surface area contributed by atoms with Gasteiger partial charge in [0.25, 0.3) is 0 Å². The zero-order valence-electron chi connectivity index (χ0n) is 5.94. The molecule has 0 bridgehead atoms. The Morgan fingerprint density at radius 1 is 1.55 bits per heavy atom. The highest BCUT2D eigenvalue weighted by molar-refractivity contribution is 5.87. The van der Waals surface area contributed by atoms with Crippen molar-refractivity contribution >= 4 is 11.9 Å². The molecule has 0 spiro atoms. The fourth-order valence-corrected chi connectivity index (χ4v) is 0.581. The van der Waals surface area contributed by atoms with Crippen molar-refractivity contribution in [2.45, 2.75) is 12.1 Å². The van der Waals surface area contributed by atoms with Crippen LogP contribution in [0.25, 0.3) is 0 Å². The van der Waals surface area contributed by atoms with E-state index < -0.39 is 24.0 Å². The van der Waals surface area contributed by atoms with Gasteiger partial charge < -0.3 is 21.3 Å². The van der Waals surface area contributed by atoms with Gasteiger partial charge in [-0.2, -0.15) is 0 Å². The highest BCUT2D eigenvalue weighted by Crippen LogP contribution is 1.91. The van der Waals surface area contributed by atoms with Crippen LogP contribution in [-0.2, 0) is 9.59 Å². The first-order chi connectivity index (χ1) is 5.00. The van der Waals surface area contributed by atoms with Crippen LogP contribution in [0.1, 0.15) is 0 Å². The van der Waals surface area contributed by atoms with E-state index in [1.54, 1.807) is 0 Å². The average Bonchev–Trinajstić information content (AvgIpc) is 1.88. The molecule has 0 aliphatic carbocycles. The molecule has 0 saturated carbocycles. The minimum atomic E-state index is -1.70. The minimum absolute atomic E-state index is 1.06. The number of carbonyl (C=O) groups excluding carboxylic acids is 1. The van der Waals surface area contributed by atoms with Crippen molar-refractivity contribution in [3.8, 4) is 0 Å². The number of carboxylic acid groups (broad SMARTS) is 1. The number of carboxylic acids is 1. The van der Waals surface area contributed by atoms with Gasteiger partial charge in [-0.3, -0.25) is 9.59 Å². The molecule has 6 nitrogen and oxygen atoms in total. The van der Waals surface area contributed by atoms with E-state index in [1.165, 1.54) is 7.05 Å². The summed E-state index contributed by atoms with van der Waals surface area (Å²) < 4.78 is 0. The molecule has 6 heteroatoms. The van der Waals surface area contributed by atoms with Gasteiger partial charge in [-0.25, -0.2) is 0 Å². The smallest absolute Gasteiger partial charge is 0.323 e. The van der Waals surface area contributed by atoms with Gasteiger partial charge in [0.15, 0.2) is 6.10 Å². The van der Waals surface area contributed by atoms with Crippen molar-refractivity contribution in [1.82, 2.24) is 5.32 Å². The molecule has 1 unspecified atom stereocenters. The molecule has 0 aromatic carbocycles. The van der Waals surface area contributed by atoms with Gasteiger partial charge >= 0.3 is 5.97 Å². The Hall–Kier alpha value is -1.14. The number of hydrogen-bond donors (Lipinski definition) is 4. The Bertz CT molecular complexity index is 170. The number of carbonyl (C=O) groups is 2. The third-order valence-electron chi connectivity index (χ3n) is 1.18. The van der Waals surface area contributed by atoms with Crippen molar-refractivity contribution in [2.75, 3.05) is 7.05 Å². The predicted octanol–water partition coefficient (Wildman–Crippen LogP) is -2.49. The maximum Gasteiger partial charge on any atom is 0.323 e. The van der Waals surface area contributed by atoms with E-state index in [0.29, 0.717) is 0 Å². The normalized spacial score (nSPS) is 15.5. The van der Waals surface area contributed by atoms with Crippen LogP contribution in [0.5, 0.6) is 0 Å². The Morgan fingerprint density at radius 2 is 2.00 bits per heavy atom. The second-order valence-corrected chi connectivity index (χ2v) is 1.95. The monoisotopic (exact) mass is 162 g/mol. The first-order valence-electron chi connectivity index (χ1n) is 2.88. The van der Waals surface area contributed by atoms with E-state index in [2.05, 4.69) is 11.1 Å². The van der Waals surface area contributed by atoms with Crippen LogP contribution in [0.3, 0.4) is 0 Å². The third kappa shape index (κ3) is 2.52. The average molecular weight is 162 g/mol. The van der Waals surface area contributed by atoms with Crippen LogP contribution in [0.15, 0.2) is 0 Å². The molecule has 0 radical (unpaired) electrons. The summed E-state index contributed by atoms with van der Waals surface area (Å²) in [6.45, 7) is 0. The fourth-order valence-electron chi connectivity index (χ4n) is 0.581. The van der Waals surface area contributed by atoms with E-state index >= 15 is 0 Å². The molecular weight excluding hydrogens is 152 g/mol. The summed E-state index contributed by atoms with van der Waals surface area (Å²) in [5.74, 6) is -2.38. The summed E-state index contributed by atoms with van der Waals surface area (Å²) in [5, 5.41) is 19.4. The SMILES string of the molecule is CN[C@H](C(=O)O)C(O)C(N)=O. The number of amides is 1. The fraction of sp³-hybridized carbons (Fsp3) is 0.600. The van der Waals surface area contributed by atoms with Crippen LogP contribution in [0.4, 0.5) is 0 Å². The second kappa shape index (κ2) is 3.89. The maximum atomic E-state index is 10.3. The first kappa shape index (κ1) is 9.86. The standard InChI is InChI=1S/C5H10N2O4/c1-7-2(5(10)11)3(8)4(6)9/h2-3,7-8H,1H3,(H2,6,9)(H,10,11)/t2-,3?/m0/s1. The van der Waals surface area contributed by atoms with Gasteiger partial charge in [-0.15, -0.1) is 0 Å². The highest BCUT2D eigenvalue weighted by atomic mass is 16.4. The van der Waals surface area contributed by atoms with Gasteiger partial charge in [0.05, 0.1) is 0 Å². The molecule has 2 atom stereocenters. The molecule has 1 amide bonds. The Morgan fingerprint density at radius 3 is 2.09 bits per heavy atom. The summed E-state index contributed by atoms with van der Waals surface area (Å²) in [7, 11) is 1.31. The van der Waals surface area contributed by atoms with Crippen LogP contribution in [0, 0.1) is 0 Å². The number of hydrogen-bond acceptors (Lipinski definition) is 4. The second-order valence-electron chi connectivity index (χ2n) is 1.95. The molecular formula is C5H10N2O4. The first-order valence-corrected chi connectivity index (χ1v) is 2.88. The summed E-state index contributed by atoms with van der Waals surface area (Å²) >= 11 is 0. The maximum absolute atomic E-state index is 10.3. The van der Waals surface area contributed by atoms with Crippen molar-refractivity contribution in [1.29, 1.82) is 0 Å². The summed E-state index contributed by atoms with van der Waals surface area (Å²) in [5.41, 5.74) is 4.66. The third-order valence-corrected chi connectivity index (χ3v) is 1.18. The van der Waals surface area contributed by atoms with Crippen molar-refractivity contribution in [2.24, 2.45) is 5.73 Å². The molecule has 0 aromatic rings. The zero-order valence-corrected chi connectivity index (χ0v) is 5.94.